The zero-order valence-corrected chi connectivity index (χ0v) is 10.7. The molecule has 19 heavy (non-hydrogen) atoms. The summed E-state index contributed by atoms with van der Waals surface area (Å²) in [4.78, 5) is 0. The maximum absolute atomic E-state index is 9.87. The van der Waals surface area contributed by atoms with E-state index in [1.807, 2.05) is 18.2 Å². The first-order chi connectivity index (χ1) is 9.19. The topological polar surface area (TPSA) is 79.2 Å². The molecular formula is C14H18O5. The van der Waals surface area contributed by atoms with Gasteiger partial charge in [0.2, 0.25) is 0 Å². The Balaban J connectivity index is 2.71. The lowest BCUT2D eigenvalue weighted by Crippen LogP contribution is -2.41. The van der Waals surface area contributed by atoms with Crippen LogP contribution in [0.1, 0.15) is 5.56 Å². The smallest absolute Gasteiger partial charge is 0.147 e. The largest absolute Gasteiger partial charge is 0.394 e. The van der Waals surface area contributed by atoms with E-state index in [2.05, 4.69) is 11.8 Å². The van der Waals surface area contributed by atoms with E-state index >= 15 is 0 Å². The molecule has 0 aliphatic heterocycles. The summed E-state index contributed by atoms with van der Waals surface area (Å²) in [6.45, 7) is -0.635. The average Bonchev–Trinajstić information content (AvgIpc) is 2.46. The summed E-state index contributed by atoms with van der Waals surface area (Å²) < 4.78 is 9.82. The van der Waals surface area contributed by atoms with Crippen LogP contribution in [-0.2, 0) is 9.47 Å². The molecule has 5 heteroatoms. The standard InChI is InChI=1S/C14H18O5/c1-18-10-19-14(13(17)9-15)12(16)8-7-11-5-3-2-4-6-11/h2-6,12-17H,9-10H2,1H3/t12-,13-,14-/m1/s1. The van der Waals surface area contributed by atoms with Crippen LogP contribution in [0, 0.1) is 11.8 Å². The van der Waals surface area contributed by atoms with Crippen molar-refractivity contribution in [3.63, 3.8) is 0 Å². The number of benzene rings is 1. The van der Waals surface area contributed by atoms with Gasteiger partial charge in [-0.3, -0.25) is 0 Å². The van der Waals surface area contributed by atoms with Crippen LogP contribution in [-0.4, -0.2) is 54.1 Å². The summed E-state index contributed by atoms with van der Waals surface area (Å²) >= 11 is 0. The van der Waals surface area contributed by atoms with E-state index in [1.54, 1.807) is 12.1 Å². The number of hydrogen-bond acceptors (Lipinski definition) is 5. The summed E-state index contributed by atoms with van der Waals surface area (Å²) in [7, 11) is 1.42. The second-order valence-electron chi connectivity index (χ2n) is 3.87. The minimum atomic E-state index is -1.23. The maximum Gasteiger partial charge on any atom is 0.147 e. The van der Waals surface area contributed by atoms with E-state index in [4.69, 9.17) is 14.6 Å². The summed E-state index contributed by atoms with van der Waals surface area (Å²) in [5.74, 6) is 5.34. The number of methoxy groups -OCH3 is 1. The van der Waals surface area contributed by atoms with Crippen molar-refractivity contribution in [3.05, 3.63) is 35.9 Å². The van der Waals surface area contributed by atoms with Gasteiger partial charge in [0.1, 0.15) is 25.1 Å². The molecule has 0 saturated heterocycles. The summed E-state index contributed by atoms with van der Waals surface area (Å²) in [6, 6.07) is 9.12. The number of ether oxygens (including phenoxy) is 2. The van der Waals surface area contributed by atoms with Gasteiger partial charge in [0.15, 0.2) is 0 Å². The second-order valence-corrected chi connectivity index (χ2v) is 3.87. The molecule has 104 valence electrons. The molecule has 0 spiro atoms. The molecule has 0 saturated carbocycles. The van der Waals surface area contributed by atoms with Crippen LogP contribution in [0.25, 0.3) is 0 Å². The van der Waals surface area contributed by atoms with E-state index in [9.17, 15) is 10.2 Å². The van der Waals surface area contributed by atoms with Gasteiger partial charge in [-0.2, -0.15) is 0 Å². The van der Waals surface area contributed by atoms with Gasteiger partial charge in [0.25, 0.3) is 0 Å². The summed E-state index contributed by atoms with van der Waals surface area (Å²) in [5.41, 5.74) is 0.741. The highest BCUT2D eigenvalue weighted by Gasteiger charge is 2.26. The Bertz CT molecular complexity index is 409. The third-order valence-corrected chi connectivity index (χ3v) is 2.39. The lowest BCUT2D eigenvalue weighted by molar-refractivity contribution is -0.147. The van der Waals surface area contributed by atoms with Crippen molar-refractivity contribution in [2.24, 2.45) is 0 Å². The minimum Gasteiger partial charge on any atom is -0.394 e. The Labute approximate surface area is 112 Å². The molecule has 0 amide bonds. The first-order valence-electron chi connectivity index (χ1n) is 5.83. The van der Waals surface area contributed by atoms with Crippen molar-refractivity contribution in [3.8, 4) is 11.8 Å². The van der Waals surface area contributed by atoms with E-state index in [1.165, 1.54) is 7.11 Å². The molecule has 0 bridgehead atoms. The Morgan fingerprint density at radius 2 is 1.89 bits per heavy atom. The van der Waals surface area contributed by atoms with Crippen molar-refractivity contribution in [1.29, 1.82) is 0 Å². The van der Waals surface area contributed by atoms with Gasteiger partial charge in [-0.15, -0.1) is 0 Å². The van der Waals surface area contributed by atoms with Crippen LogP contribution in [0.5, 0.6) is 0 Å². The van der Waals surface area contributed by atoms with Crippen molar-refractivity contribution >= 4 is 0 Å². The first kappa shape index (κ1) is 15.6. The molecule has 1 aromatic rings. The average molecular weight is 266 g/mol. The van der Waals surface area contributed by atoms with Crippen LogP contribution in [0.2, 0.25) is 0 Å². The lowest BCUT2D eigenvalue weighted by atomic mass is 10.1. The summed E-state index contributed by atoms with van der Waals surface area (Å²) in [5, 5.41) is 28.3. The number of aliphatic hydroxyl groups is 3. The highest BCUT2D eigenvalue weighted by molar-refractivity contribution is 5.34. The molecule has 0 fully saturated rings. The van der Waals surface area contributed by atoms with Gasteiger partial charge in [0.05, 0.1) is 6.61 Å². The van der Waals surface area contributed by atoms with Gasteiger partial charge in [-0.05, 0) is 12.1 Å². The normalized spacial score (nSPS) is 15.2. The molecule has 0 unspecified atom stereocenters. The maximum atomic E-state index is 9.87. The summed E-state index contributed by atoms with van der Waals surface area (Å²) in [6.07, 6.45) is -3.48. The van der Waals surface area contributed by atoms with Gasteiger partial charge in [-0.25, -0.2) is 0 Å². The fraction of sp³-hybridized carbons (Fsp3) is 0.429. The van der Waals surface area contributed by atoms with Crippen LogP contribution in [0.4, 0.5) is 0 Å². The Kier molecular flexibility index (Phi) is 7.11. The van der Waals surface area contributed by atoms with Crippen molar-refractivity contribution in [1.82, 2.24) is 0 Å². The van der Waals surface area contributed by atoms with Crippen molar-refractivity contribution in [2.75, 3.05) is 20.5 Å². The molecule has 5 nitrogen and oxygen atoms in total. The van der Waals surface area contributed by atoms with Crippen LogP contribution in [0.3, 0.4) is 0 Å². The molecule has 0 heterocycles. The lowest BCUT2D eigenvalue weighted by Gasteiger charge is -2.23. The minimum absolute atomic E-state index is 0.105. The zero-order chi connectivity index (χ0) is 14.1. The predicted molar refractivity (Wildman–Crippen MR) is 69.2 cm³/mol. The van der Waals surface area contributed by atoms with E-state index < -0.39 is 24.9 Å². The van der Waals surface area contributed by atoms with Crippen molar-refractivity contribution in [2.45, 2.75) is 18.3 Å². The molecule has 0 aliphatic rings. The molecule has 0 radical (unpaired) electrons. The van der Waals surface area contributed by atoms with Gasteiger partial charge in [0, 0.05) is 12.7 Å². The first-order valence-corrected chi connectivity index (χ1v) is 5.83. The molecule has 3 N–H and O–H groups in total. The van der Waals surface area contributed by atoms with Gasteiger partial charge in [-0.1, -0.05) is 30.0 Å². The van der Waals surface area contributed by atoms with E-state index in [0.29, 0.717) is 0 Å². The molecule has 1 rings (SSSR count). The van der Waals surface area contributed by atoms with E-state index in [-0.39, 0.29) is 6.79 Å². The third-order valence-electron chi connectivity index (χ3n) is 2.39. The highest BCUT2D eigenvalue weighted by atomic mass is 16.7. The fourth-order valence-electron chi connectivity index (χ4n) is 1.42. The molecule has 0 aliphatic carbocycles. The van der Waals surface area contributed by atoms with E-state index in [0.717, 1.165) is 5.56 Å². The Hall–Kier alpha value is -1.42. The molecule has 1 aromatic carbocycles. The SMILES string of the molecule is COCO[C@H]([C@H](O)C#Cc1ccccc1)[C@H](O)CO. The predicted octanol–water partition coefficient (Wildman–Crippen LogP) is -0.259. The fourth-order valence-corrected chi connectivity index (χ4v) is 1.42. The number of hydrogen-bond donors (Lipinski definition) is 3. The van der Waals surface area contributed by atoms with Gasteiger partial charge >= 0.3 is 0 Å². The van der Waals surface area contributed by atoms with Crippen LogP contribution in [0.15, 0.2) is 30.3 Å². The number of aliphatic hydroxyl groups excluding tert-OH is 3. The monoisotopic (exact) mass is 266 g/mol. The highest BCUT2D eigenvalue weighted by Crippen LogP contribution is 2.06. The Morgan fingerprint density at radius 3 is 2.47 bits per heavy atom. The van der Waals surface area contributed by atoms with Crippen molar-refractivity contribution < 1.29 is 24.8 Å². The third kappa shape index (κ3) is 5.39. The quantitative estimate of drug-likeness (QED) is 0.488. The van der Waals surface area contributed by atoms with Gasteiger partial charge < -0.3 is 24.8 Å². The molecule has 3 atom stereocenters. The number of rotatable bonds is 6. The van der Waals surface area contributed by atoms with Crippen LogP contribution >= 0.6 is 0 Å². The van der Waals surface area contributed by atoms with Crippen LogP contribution < -0.4 is 0 Å². The molecule has 0 aromatic heterocycles. The Morgan fingerprint density at radius 1 is 1.21 bits per heavy atom. The molecular weight excluding hydrogens is 248 g/mol. The second kappa shape index (κ2) is 8.64. The zero-order valence-electron chi connectivity index (χ0n) is 10.7.